The summed E-state index contributed by atoms with van der Waals surface area (Å²) in [5.74, 6) is -1.07. The molecule has 192 valence electrons. The summed E-state index contributed by atoms with van der Waals surface area (Å²) < 4.78 is 40.9. The highest BCUT2D eigenvalue weighted by atomic mass is 19.4. The quantitative estimate of drug-likeness (QED) is 0.346. The van der Waals surface area contributed by atoms with Crippen LogP contribution < -0.4 is 11.1 Å². The average molecular weight is 504 g/mol. The standard InChI is InChI=1S/C19H18F3NO4.C7H10N2/c20-19(21,22)10-5-11-27-18(26)23-12-13-6-1-2-7-14(13)15-8-3-4-9-16(15)17(24)25;8-5-4-7-3-1-2-6-9-7/h1-4,6-9H,5,10-12H2,(H,23,26)(H,24,25);1-3,6H,4-5,8H2. The summed E-state index contributed by atoms with van der Waals surface area (Å²) in [7, 11) is 0. The summed E-state index contributed by atoms with van der Waals surface area (Å²) >= 11 is 0. The van der Waals surface area contributed by atoms with E-state index in [9.17, 15) is 27.9 Å². The van der Waals surface area contributed by atoms with Gasteiger partial charge in [-0.2, -0.15) is 13.2 Å². The number of carboxylic acids is 1. The number of aromatic carboxylic acids is 1. The number of halogens is 3. The molecule has 0 aliphatic heterocycles. The molecular weight excluding hydrogens is 475 g/mol. The van der Waals surface area contributed by atoms with Gasteiger partial charge in [0.25, 0.3) is 0 Å². The number of nitrogens with two attached hydrogens (primary N) is 1. The number of hydrogen-bond donors (Lipinski definition) is 3. The van der Waals surface area contributed by atoms with Gasteiger partial charge in [0.05, 0.1) is 12.2 Å². The second kappa shape index (κ2) is 14.5. The van der Waals surface area contributed by atoms with Crippen molar-refractivity contribution < 1.29 is 32.6 Å². The van der Waals surface area contributed by atoms with Gasteiger partial charge in [-0.15, -0.1) is 0 Å². The maximum atomic E-state index is 12.0. The predicted molar refractivity (Wildman–Crippen MR) is 129 cm³/mol. The van der Waals surface area contributed by atoms with Gasteiger partial charge in [-0.25, -0.2) is 9.59 Å². The minimum atomic E-state index is -4.28. The second-order valence-corrected chi connectivity index (χ2v) is 7.58. The molecule has 2 aromatic carbocycles. The van der Waals surface area contributed by atoms with Gasteiger partial charge in [-0.05, 0) is 47.9 Å². The van der Waals surface area contributed by atoms with E-state index in [0.717, 1.165) is 12.1 Å². The molecule has 3 rings (SSSR count). The van der Waals surface area contributed by atoms with Crippen molar-refractivity contribution in [2.24, 2.45) is 5.73 Å². The number of carboxylic acid groups (broad SMARTS) is 1. The van der Waals surface area contributed by atoms with Gasteiger partial charge in [0.15, 0.2) is 0 Å². The lowest BCUT2D eigenvalue weighted by Gasteiger charge is -2.13. The van der Waals surface area contributed by atoms with Crippen LogP contribution in [0, 0.1) is 0 Å². The molecule has 0 saturated heterocycles. The van der Waals surface area contributed by atoms with Gasteiger partial charge in [-0.3, -0.25) is 4.98 Å². The molecule has 1 heterocycles. The topological polar surface area (TPSA) is 115 Å². The Hall–Kier alpha value is -3.92. The molecule has 1 amide bonds. The maximum Gasteiger partial charge on any atom is 0.407 e. The van der Waals surface area contributed by atoms with Crippen LogP contribution in [0.25, 0.3) is 11.1 Å². The van der Waals surface area contributed by atoms with Crippen molar-refractivity contribution in [3.05, 3.63) is 89.7 Å². The molecule has 1 aromatic heterocycles. The summed E-state index contributed by atoms with van der Waals surface area (Å²) in [5.41, 5.74) is 8.30. The number of carbonyl (C=O) groups is 2. The van der Waals surface area contributed by atoms with Crippen molar-refractivity contribution in [3.8, 4) is 11.1 Å². The number of ether oxygens (including phenoxy) is 1. The number of rotatable bonds is 9. The molecular formula is C26H28F3N3O4. The third kappa shape index (κ3) is 10.1. The van der Waals surface area contributed by atoms with Crippen molar-refractivity contribution >= 4 is 12.1 Å². The highest BCUT2D eigenvalue weighted by molar-refractivity contribution is 5.96. The number of pyridine rings is 1. The Morgan fingerprint density at radius 1 is 0.972 bits per heavy atom. The molecule has 7 nitrogen and oxygen atoms in total. The number of nitrogens with one attached hydrogen (secondary N) is 1. The summed E-state index contributed by atoms with van der Waals surface area (Å²) in [6.07, 6.45) is -3.78. The molecule has 0 fully saturated rings. The first-order valence-corrected chi connectivity index (χ1v) is 11.2. The number of benzene rings is 2. The predicted octanol–water partition coefficient (Wildman–Crippen LogP) is 5.20. The molecule has 0 aliphatic rings. The van der Waals surface area contributed by atoms with E-state index >= 15 is 0 Å². The number of aromatic nitrogens is 1. The van der Waals surface area contributed by atoms with Crippen LogP contribution in [0.3, 0.4) is 0 Å². The van der Waals surface area contributed by atoms with E-state index in [1.54, 1.807) is 48.7 Å². The summed E-state index contributed by atoms with van der Waals surface area (Å²) in [6, 6.07) is 19.3. The molecule has 3 aromatic rings. The number of alkyl halides is 3. The van der Waals surface area contributed by atoms with Crippen LogP contribution in [0.1, 0.15) is 34.5 Å². The third-order valence-corrected chi connectivity index (χ3v) is 4.85. The van der Waals surface area contributed by atoms with Crippen LogP contribution in [0.5, 0.6) is 0 Å². The molecule has 10 heteroatoms. The lowest BCUT2D eigenvalue weighted by Crippen LogP contribution is -2.25. The maximum absolute atomic E-state index is 12.0. The smallest absolute Gasteiger partial charge is 0.407 e. The molecule has 0 unspecified atom stereocenters. The van der Waals surface area contributed by atoms with E-state index in [0.29, 0.717) is 23.2 Å². The second-order valence-electron chi connectivity index (χ2n) is 7.58. The van der Waals surface area contributed by atoms with Gasteiger partial charge in [0.2, 0.25) is 0 Å². The van der Waals surface area contributed by atoms with E-state index in [-0.39, 0.29) is 25.1 Å². The Kier molecular flexibility index (Phi) is 11.4. The van der Waals surface area contributed by atoms with Crippen molar-refractivity contribution in [2.45, 2.75) is 32.0 Å². The molecule has 0 radical (unpaired) electrons. The van der Waals surface area contributed by atoms with E-state index in [4.69, 9.17) is 10.5 Å². The van der Waals surface area contributed by atoms with Crippen LogP contribution in [-0.2, 0) is 17.7 Å². The van der Waals surface area contributed by atoms with Gasteiger partial charge in [-0.1, -0.05) is 48.5 Å². The van der Waals surface area contributed by atoms with Crippen molar-refractivity contribution in [1.29, 1.82) is 0 Å². The van der Waals surface area contributed by atoms with Gasteiger partial charge >= 0.3 is 18.2 Å². The molecule has 36 heavy (non-hydrogen) atoms. The third-order valence-electron chi connectivity index (χ3n) is 4.85. The minimum Gasteiger partial charge on any atom is -0.478 e. The summed E-state index contributed by atoms with van der Waals surface area (Å²) in [4.78, 5) is 27.2. The average Bonchev–Trinajstić information content (AvgIpc) is 2.86. The summed E-state index contributed by atoms with van der Waals surface area (Å²) in [5, 5.41) is 11.8. The lowest BCUT2D eigenvalue weighted by molar-refractivity contribution is -0.137. The Morgan fingerprint density at radius 3 is 2.28 bits per heavy atom. The lowest BCUT2D eigenvalue weighted by atomic mass is 9.95. The summed E-state index contributed by atoms with van der Waals surface area (Å²) in [6.45, 7) is 0.383. The van der Waals surface area contributed by atoms with Crippen LogP contribution in [0.4, 0.5) is 18.0 Å². The molecule has 0 bridgehead atoms. The Balaban J connectivity index is 0.000000425. The molecule has 4 N–H and O–H groups in total. The number of alkyl carbamates (subject to hydrolysis) is 1. The van der Waals surface area contributed by atoms with Crippen LogP contribution in [-0.4, -0.2) is 41.5 Å². The van der Waals surface area contributed by atoms with Crippen LogP contribution in [0.2, 0.25) is 0 Å². The number of nitrogens with zero attached hydrogens (tertiary/aromatic N) is 1. The van der Waals surface area contributed by atoms with Crippen molar-refractivity contribution in [2.75, 3.05) is 13.2 Å². The normalized spacial score (nSPS) is 10.7. The zero-order chi connectivity index (χ0) is 26.4. The monoisotopic (exact) mass is 503 g/mol. The van der Waals surface area contributed by atoms with Gasteiger partial charge in [0.1, 0.15) is 0 Å². The number of hydrogen-bond acceptors (Lipinski definition) is 5. The first-order valence-electron chi connectivity index (χ1n) is 11.2. The Bertz CT molecular complexity index is 1110. The van der Waals surface area contributed by atoms with Crippen molar-refractivity contribution in [3.63, 3.8) is 0 Å². The minimum absolute atomic E-state index is 0.0439. The first kappa shape index (κ1) is 28.3. The van der Waals surface area contributed by atoms with Gasteiger partial charge in [0, 0.05) is 31.3 Å². The van der Waals surface area contributed by atoms with E-state index < -0.39 is 24.7 Å². The highest BCUT2D eigenvalue weighted by Crippen LogP contribution is 2.27. The molecule has 0 spiro atoms. The number of amides is 1. The van der Waals surface area contributed by atoms with Gasteiger partial charge < -0.3 is 20.9 Å². The first-order chi connectivity index (χ1) is 17.2. The molecule has 0 aliphatic carbocycles. The Morgan fingerprint density at radius 2 is 1.64 bits per heavy atom. The van der Waals surface area contributed by atoms with Crippen LogP contribution >= 0.6 is 0 Å². The zero-order valence-corrected chi connectivity index (χ0v) is 19.5. The van der Waals surface area contributed by atoms with E-state index in [2.05, 4.69) is 10.3 Å². The number of carbonyl (C=O) groups excluding carboxylic acids is 1. The van der Waals surface area contributed by atoms with Crippen molar-refractivity contribution in [1.82, 2.24) is 10.3 Å². The zero-order valence-electron chi connectivity index (χ0n) is 19.5. The molecule has 0 atom stereocenters. The fourth-order valence-corrected chi connectivity index (χ4v) is 3.19. The van der Waals surface area contributed by atoms with E-state index in [1.807, 2.05) is 18.2 Å². The SMILES string of the molecule is NCCc1ccccn1.O=C(NCc1ccccc1-c1ccccc1C(=O)O)OCCCC(F)(F)F. The Labute approximate surface area is 207 Å². The van der Waals surface area contributed by atoms with Crippen LogP contribution in [0.15, 0.2) is 72.9 Å². The fourth-order valence-electron chi connectivity index (χ4n) is 3.19. The highest BCUT2D eigenvalue weighted by Gasteiger charge is 2.26. The molecule has 0 saturated carbocycles. The van der Waals surface area contributed by atoms with E-state index in [1.165, 1.54) is 6.07 Å². The largest absolute Gasteiger partial charge is 0.478 e. The fraction of sp³-hybridized carbons (Fsp3) is 0.269.